The fraction of sp³-hybridized carbons (Fsp3) is 0.143. The van der Waals surface area contributed by atoms with Gasteiger partial charge in [-0.15, -0.1) is 0 Å². The molecule has 130 valence electrons. The smallest absolute Gasteiger partial charge is 0.239 e. The highest BCUT2D eigenvalue weighted by Gasteiger charge is 2.25. The first-order valence-electron chi connectivity index (χ1n) is 8.40. The molecule has 1 aliphatic rings. The van der Waals surface area contributed by atoms with Gasteiger partial charge in [-0.25, -0.2) is 4.98 Å². The lowest BCUT2D eigenvalue weighted by Crippen LogP contribution is -2.36. The zero-order valence-electron chi connectivity index (χ0n) is 14.7. The van der Waals surface area contributed by atoms with Gasteiger partial charge in [-0.2, -0.15) is 0 Å². The SMILES string of the molecule is CON=C1COc2nc(-c3ccccc3)c(-c3ccccc3)cc2N1C. The quantitative estimate of drug-likeness (QED) is 0.667. The number of amidine groups is 1. The van der Waals surface area contributed by atoms with Crippen molar-refractivity contribution in [1.82, 2.24) is 4.98 Å². The highest BCUT2D eigenvalue weighted by atomic mass is 16.6. The second-order valence-electron chi connectivity index (χ2n) is 5.98. The van der Waals surface area contributed by atoms with E-state index in [0.717, 1.165) is 28.1 Å². The van der Waals surface area contributed by atoms with Crippen molar-refractivity contribution >= 4 is 11.5 Å². The largest absolute Gasteiger partial charge is 0.468 e. The maximum atomic E-state index is 5.85. The summed E-state index contributed by atoms with van der Waals surface area (Å²) in [5, 5.41) is 4.04. The van der Waals surface area contributed by atoms with Crippen molar-refractivity contribution in [3.05, 3.63) is 66.7 Å². The minimum absolute atomic E-state index is 0.323. The Morgan fingerprint density at radius 1 is 1.00 bits per heavy atom. The van der Waals surface area contributed by atoms with Gasteiger partial charge in [0.1, 0.15) is 12.8 Å². The first kappa shape index (κ1) is 16.1. The van der Waals surface area contributed by atoms with Crippen molar-refractivity contribution in [3.63, 3.8) is 0 Å². The van der Waals surface area contributed by atoms with Gasteiger partial charge in [0.2, 0.25) is 5.88 Å². The minimum Gasteiger partial charge on any atom is -0.468 e. The van der Waals surface area contributed by atoms with E-state index in [0.29, 0.717) is 18.3 Å². The Hall–Kier alpha value is -3.34. The van der Waals surface area contributed by atoms with Gasteiger partial charge in [-0.05, 0) is 11.6 Å². The Kier molecular flexibility index (Phi) is 4.27. The van der Waals surface area contributed by atoms with Crippen molar-refractivity contribution in [2.24, 2.45) is 5.16 Å². The lowest BCUT2D eigenvalue weighted by Gasteiger charge is -2.28. The van der Waals surface area contributed by atoms with Gasteiger partial charge < -0.3 is 14.5 Å². The fourth-order valence-electron chi connectivity index (χ4n) is 3.05. The molecule has 0 aliphatic carbocycles. The highest BCUT2D eigenvalue weighted by molar-refractivity contribution is 6.02. The summed E-state index contributed by atoms with van der Waals surface area (Å²) in [6, 6.07) is 22.5. The van der Waals surface area contributed by atoms with E-state index in [1.807, 2.05) is 48.3 Å². The Morgan fingerprint density at radius 3 is 2.31 bits per heavy atom. The predicted octanol–water partition coefficient (Wildman–Crippen LogP) is 4.20. The van der Waals surface area contributed by atoms with Gasteiger partial charge >= 0.3 is 0 Å². The molecule has 0 atom stereocenters. The molecule has 0 saturated heterocycles. The second-order valence-corrected chi connectivity index (χ2v) is 5.98. The third-order valence-corrected chi connectivity index (χ3v) is 4.38. The van der Waals surface area contributed by atoms with Crippen LogP contribution in [0.25, 0.3) is 22.4 Å². The number of aromatic nitrogens is 1. The van der Waals surface area contributed by atoms with Crippen LogP contribution in [0.3, 0.4) is 0 Å². The monoisotopic (exact) mass is 345 g/mol. The number of rotatable bonds is 3. The number of hydrogen-bond donors (Lipinski definition) is 0. The van der Waals surface area contributed by atoms with Gasteiger partial charge in [0, 0.05) is 18.2 Å². The number of fused-ring (bicyclic) bond motifs is 1. The molecule has 5 heteroatoms. The van der Waals surface area contributed by atoms with Crippen LogP contribution in [0.5, 0.6) is 5.88 Å². The maximum absolute atomic E-state index is 5.85. The van der Waals surface area contributed by atoms with Crippen molar-refractivity contribution in [2.75, 3.05) is 25.7 Å². The third-order valence-electron chi connectivity index (χ3n) is 4.38. The van der Waals surface area contributed by atoms with E-state index in [4.69, 9.17) is 14.6 Å². The molecule has 1 aliphatic heterocycles. The fourth-order valence-corrected chi connectivity index (χ4v) is 3.05. The van der Waals surface area contributed by atoms with E-state index in [1.165, 1.54) is 7.11 Å². The number of hydrogen-bond acceptors (Lipinski definition) is 4. The van der Waals surface area contributed by atoms with Crippen LogP contribution in [0, 0.1) is 0 Å². The van der Waals surface area contributed by atoms with Gasteiger partial charge in [0.25, 0.3) is 0 Å². The Labute approximate surface area is 152 Å². The number of oxime groups is 1. The molecular formula is C21H19N3O2. The lowest BCUT2D eigenvalue weighted by atomic mass is 9.98. The van der Waals surface area contributed by atoms with Gasteiger partial charge in [-0.3, -0.25) is 0 Å². The average Bonchev–Trinajstić information content (AvgIpc) is 2.71. The molecule has 1 aromatic heterocycles. The van der Waals surface area contributed by atoms with E-state index < -0.39 is 0 Å². The summed E-state index contributed by atoms with van der Waals surface area (Å²) < 4.78 is 5.85. The number of benzene rings is 2. The number of pyridine rings is 1. The molecule has 0 fully saturated rings. The zero-order valence-corrected chi connectivity index (χ0v) is 14.7. The van der Waals surface area contributed by atoms with Crippen LogP contribution in [0.2, 0.25) is 0 Å². The van der Waals surface area contributed by atoms with Crippen LogP contribution in [0.1, 0.15) is 0 Å². The van der Waals surface area contributed by atoms with Crippen molar-refractivity contribution in [3.8, 4) is 28.3 Å². The minimum atomic E-state index is 0.323. The molecule has 3 aromatic rings. The summed E-state index contributed by atoms with van der Waals surface area (Å²) in [4.78, 5) is 11.7. The Bertz CT molecular complexity index is 940. The number of likely N-dealkylation sites (N-methyl/N-ethyl adjacent to an activating group) is 1. The summed E-state index contributed by atoms with van der Waals surface area (Å²) in [6.07, 6.45) is 0. The molecule has 0 bridgehead atoms. The molecular weight excluding hydrogens is 326 g/mol. The number of anilines is 1. The first-order chi connectivity index (χ1) is 12.8. The van der Waals surface area contributed by atoms with Crippen LogP contribution < -0.4 is 9.64 Å². The Balaban J connectivity index is 1.92. The van der Waals surface area contributed by atoms with Crippen molar-refractivity contribution < 1.29 is 9.57 Å². The van der Waals surface area contributed by atoms with E-state index in [1.54, 1.807) is 0 Å². The van der Waals surface area contributed by atoms with Crippen molar-refractivity contribution in [1.29, 1.82) is 0 Å². The summed E-state index contributed by atoms with van der Waals surface area (Å²) in [7, 11) is 3.47. The van der Waals surface area contributed by atoms with Gasteiger partial charge in [0.15, 0.2) is 12.4 Å². The molecule has 0 unspecified atom stereocenters. The lowest BCUT2D eigenvalue weighted by molar-refractivity contribution is 0.208. The van der Waals surface area contributed by atoms with E-state index in [2.05, 4.69) is 35.5 Å². The molecule has 0 N–H and O–H groups in total. The molecule has 5 nitrogen and oxygen atoms in total. The predicted molar refractivity (Wildman–Crippen MR) is 103 cm³/mol. The Morgan fingerprint density at radius 2 is 1.65 bits per heavy atom. The highest BCUT2D eigenvalue weighted by Crippen LogP contribution is 2.39. The molecule has 0 spiro atoms. The zero-order chi connectivity index (χ0) is 17.9. The number of nitrogens with zero attached hydrogens (tertiary/aromatic N) is 3. The normalized spacial score (nSPS) is 14.7. The third kappa shape index (κ3) is 2.88. The number of ether oxygens (including phenoxy) is 1. The topological polar surface area (TPSA) is 47.0 Å². The maximum Gasteiger partial charge on any atom is 0.239 e. The van der Waals surface area contributed by atoms with Gasteiger partial charge in [-0.1, -0.05) is 65.8 Å². The van der Waals surface area contributed by atoms with Crippen LogP contribution >= 0.6 is 0 Å². The summed E-state index contributed by atoms with van der Waals surface area (Å²) in [5.74, 6) is 1.30. The van der Waals surface area contributed by atoms with Crippen LogP contribution in [-0.4, -0.2) is 31.6 Å². The van der Waals surface area contributed by atoms with E-state index in [9.17, 15) is 0 Å². The molecule has 4 rings (SSSR count). The summed E-state index contributed by atoms with van der Waals surface area (Å²) in [6.45, 7) is 0.323. The summed E-state index contributed by atoms with van der Waals surface area (Å²) in [5.41, 5.74) is 4.97. The van der Waals surface area contributed by atoms with Crippen molar-refractivity contribution in [2.45, 2.75) is 0 Å². The molecule has 2 heterocycles. The molecule has 26 heavy (non-hydrogen) atoms. The van der Waals surface area contributed by atoms with Crippen LogP contribution in [-0.2, 0) is 4.84 Å². The molecule has 0 radical (unpaired) electrons. The van der Waals surface area contributed by atoms with Gasteiger partial charge in [0.05, 0.1) is 5.69 Å². The standard InChI is InChI=1S/C21H19N3O2/c1-24-18-13-17(15-9-5-3-6-10-15)20(16-11-7-4-8-12-16)22-21(18)26-14-19(24)23-25-2/h3-13H,14H2,1-2H3. The van der Waals surface area contributed by atoms with E-state index in [-0.39, 0.29) is 0 Å². The molecule has 0 saturated carbocycles. The van der Waals surface area contributed by atoms with E-state index >= 15 is 0 Å². The molecule has 0 amide bonds. The average molecular weight is 345 g/mol. The van der Waals surface area contributed by atoms with Crippen LogP contribution in [0.4, 0.5) is 5.69 Å². The first-order valence-corrected chi connectivity index (χ1v) is 8.40. The summed E-state index contributed by atoms with van der Waals surface area (Å²) >= 11 is 0. The molecule has 2 aromatic carbocycles. The second kappa shape index (κ2) is 6.88. The van der Waals surface area contributed by atoms with Crippen LogP contribution in [0.15, 0.2) is 71.9 Å².